The summed E-state index contributed by atoms with van der Waals surface area (Å²) < 4.78 is 7.22. The van der Waals surface area contributed by atoms with Crippen LogP contribution in [-0.2, 0) is 25.7 Å². The van der Waals surface area contributed by atoms with Gasteiger partial charge in [-0.05, 0) is 48.9 Å². The summed E-state index contributed by atoms with van der Waals surface area (Å²) in [5.41, 5.74) is 1.26. The molecule has 1 saturated heterocycles. The first-order valence-electron chi connectivity index (χ1n) is 10.7. The van der Waals surface area contributed by atoms with Gasteiger partial charge in [-0.15, -0.1) is 0 Å². The number of hydrogen-bond acceptors (Lipinski definition) is 7. The summed E-state index contributed by atoms with van der Waals surface area (Å²) in [7, 11) is 0. The van der Waals surface area contributed by atoms with Crippen LogP contribution in [0.25, 0.3) is 0 Å². The zero-order valence-corrected chi connectivity index (χ0v) is 22.2. The third-order valence-electron chi connectivity index (χ3n) is 5.96. The summed E-state index contributed by atoms with van der Waals surface area (Å²) in [5.74, 6) is -2.45. The second kappa shape index (κ2) is 9.57. The largest absolute Gasteiger partial charge is 0.465 e. The van der Waals surface area contributed by atoms with Gasteiger partial charge in [-0.25, -0.2) is 4.90 Å². The van der Waals surface area contributed by atoms with E-state index in [1.807, 2.05) is 12.1 Å². The van der Waals surface area contributed by atoms with Crippen LogP contribution in [0.1, 0.15) is 23.3 Å². The van der Waals surface area contributed by atoms with Crippen LogP contribution in [0.5, 0.6) is 0 Å². The van der Waals surface area contributed by atoms with Crippen molar-refractivity contribution in [3.05, 3.63) is 78.1 Å². The number of esters is 1. The highest BCUT2D eigenvalue weighted by Crippen LogP contribution is 2.53. The van der Waals surface area contributed by atoms with E-state index in [9.17, 15) is 19.2 Å². The molecule has 0 N–H and O–H groups in total. The fraction of sp³-hybridized carbons (Fsp3) is 0.250. The van der Waals surface area contributed by atoms with Gasteiger partial charge < -0.3 is 4.74 Å². The van der Waals surface area contributed by atoms with Crippen LogP contribution in [0, 0.1) is 5.92 Å². The first-order valence-corrected chi connectivity index (χ1v) is 13.6. The van der Waals surface area contributed by atoms with Crippen LogP contribution < -0.4 is 9.77 Å². The first kappa shape index (κ1) is 24.3. The van der Waals surface area contributed by atoms with Crippen LogP contribution in [0.4, 0.5) is 5.69 Å². The molecule has 0 radical (unpaired) electrons. The standard InChI is InChI=1S/C24H18BrClN2O5S2/c1-2-33-16(29)11-27-23-20(35-24(27)32)17(12-3-7-14(26)8-4-12)18-19(34-23)22(31)28(21(18)30)15-9-5-13(25)6-10-15/h3-10,17-19H,2,11H2,1H3/t17-,18-,19+/m0/s1. The predicted octanol–water partition coefficient (Wildman–Crippen LogP) is 4.68. The Morgan fingerprint density at radius 2 is 1.74 bits per heavy atom. The van der Waals surface area contributed by atoms with Crippen molar-refractivity contribution in [3.63, 3.8) is 0 Å². The highest BCUT2D eigenvalue weighted by Gasteiger charge is 2.56. The van der Waals surface area contributed by atoms with E-state index in [0.717, 1.165) is 21.4 Å². The minimum Gasteiger partial charge on any atom is -0.465 e. The minimum atomic E-state index is -0.748. The molecule has 0 unspecified atom stereocenters. The number of nitrogens with zero attached hydrogens (tertiary/aromatic N) is 2. The third-order valence-corrected chi connectivity index (χ3v) is 9.34. The Labute approximate surface area is 222 Å². The monoisotopic (exact) mass is 592 g/mol. The molecular formula is C24H18BrClN2O5S2. The number of amides is 2. The van der Waals surface area contributed by atoms with E-state index >= 15 is 0 Å². The van der Waals surface area contributed by atoms with Gasteiger partial charge >= 0.3 is 10.8 Å². The summed E-state index contributed by atoms with van der Waals surface area (Å²) >= 11 is 11.6. The van der Waals surface area contributed by atoms with E-state index in [2.05, 4.69) is 15.9 Å². The molecule has 0 aliphatic carbocycles. The lowest BCUT2D eigenvalue weighted by atomic mass is 9.83. The molecule has 3 heterocycles. The maximum atomic E-state index is 13.8. The molecule has 3 atom stereocenters. The SMILES string of the molecule is CCOC(=O)Cn1c2c(sc1=O)[C@@H](c1ccc(Cl)cc1)[C@@H]1C(=O)N(c3ccc(Br)cc3)C(=O)[C@@H]1S2. The third kappa shape index (κ3) is 4.26. The number of carbonyl (C=O) groups is 3. The van der Waals surface area contributed by atoms with Crippen molar-refractivity contribution >= 4 is 74.1 Å². The summed E-state index contributed by atoms with van der Waals surface area (Å²) in [4.78, 5) is 54.0. The van der Waals surface area contributed by atoms with Crippen molar-refractivity contribution in [2.45, 2.75) is 29.7 Å². The number of carbonyl (C=O) groups excluding carboxylic acids is 3. The van der Waals surface area contributed by atoms with E-state index in [1.54, 1.807) is 43.3 Å². The lowest BCUT2D eigenvalue weighted by Gasteiger charge is -2.30. The molecule has 7 nitrogen and oxygen atoms in total. The smallest absolute Gasteiger partial charge is 0.326 e. The molecule has 5 rings (SSSR count). The molecule has 0 saturated carbocycles. The van der Waals surface area contributed by atoms with E-state index in [-0.39, 0.29) is 29.8 Å². The fourth-order valence-electron chi connectivity index (χ4n) is 4.46. The molecule has 0 bridgehead atoms. The second-order valence-electron chi connectivity index (χ2n) is 8.01. The molecule has 1 fully saturated rings. The predicted molar refractivity (Wildman–Crippen MR) is 138 cm³/mol. The summed E-state index contributed by atoms with van der Waals surface area (Å²) in [6, 6.07) is 14.0. The average molecular weight is 594 g/mol. The summed E-state index contributed by atoms with van der Waals surface area (Å²) in [6.07, 6.45) is 0. The normalized spacial score (nSPS) is 21.1. The van der Waals surface area contributed by atoms with Crippen molar-refractivity contribution in [3.8, 4) is 0 Å². The van der Waals surface area contributed by atoms with E-state index in [4.69, 9.17) is 16.3 Å². The molecule has 11 heteroatoms. The van der Waals surface area contributed by atoms with Crippen LogP contribution in [-0.4, -0.2) is 34.2 Å². The van der Waals surface area contributed by atoms with Crippen LogP contribution in [0.3, 0.4) is 0 Å². The van der Waals surface area contributed by atoms with Gasteiger partial charge in [-0.3, -0.25) is 23.7 Å². The van der Waals surface area contributed by atoms with Crippen molar-refractivity contribution in [1.29, 1.82) is 0 Å². The highest BCUT2D eigenvalue weighted by atomic mass is 79.9. The Balaban J connectivity index is 1.64. The van der Waals surface area contributed by atoms with Crippen molar-refractivity contribution in [2.24, 2.45) is 5.92 Å². The number of rotatable bonds is 5. The molecule has 3 aromatic rings. The molecular weight excluding hydrogens is 576 g/mol. The van der Waals surface area contributed by atoms with Crippen LogP contribution in [0.15, 0.2) is 62.8 Å². The molecule has 2 aliphatic rings. The van der Waals surface area contributed by atoms with Gasteiger partial charge in [0.25, 0.3) is 0 Å². The Kier molecular flexibility index (Phi) is 6.65. The van der Waals surface area contributed by atoms with Gasteiger partial charge in [-0.2, -0.15) is 0 Å². The zero-order chi connectivity index (χ0) is 24.9. The van der Waals surface area contributed by atoms with Gasteiger partial charge in [0.1, 0.15) is 11.8 Å². The number of imide groups is 1. The number of hydrogen-bond donors (Lipinski definition) is 0. The first-order chi connectivity index (χ1) is 16.8. The number of halogens is 2. The van der Waals surface area contributed by atoms with Gasteiger partial charge in [0.2, 0.25) is 11.8 Å². The fourth-order valence-corrected chi connectivity index (χ4v) is 7.63. The van der Waals surface area contributed by atoms with Gasteiger partial charge in [0.15, 0.2) is 0 Å². The van der Waals surface area contributed by atoms with Crippen molar-refractivity contribution < 1.29 is 19.1 Å². The lowest BCUT2D eigenvalue weighted by molar-refractivity contribution is -0.144. The number of anilines is 1. The van der Waals surface area contributed by atoms with Crippen LogP contribution >= 0.6 is 50.6 Å². The highest BCUT2D eigenvalue weighted by molar-refractivity contribution is 9.10. The molecule has 35 heavy (non-hydrogen) atoms. The summed E-state index contributed by atoms with van der Waals surface area (Å²) in [6.45, 7) is 1.63. The zero-order valence-electron chi connectivity index (χ0n) is 18.3. The Morgan fingerprint density at radius 3 is 2.40 bits per heavy atom. The van der Waals surface area contributed by atoms with Gasteiger partial charge in [0, 0.05) is 20.3 Å². The number of thiazole rings is 1. The van der Waals surface area contributed by atoms with E-state index < -0.39 is 23.1 Å². The molecule has 180 valence electrons. The van der Waals surface area contributed by atoms with Crippen LogP contribution in [0.2, 0.25) is 5.02 Å². The topological polar surface area (TPSA) is 85.7 Å². The molecule has 2 amide bonds. The quantitative estimate of drug-likeness (QED) is 0.315. The number of fused-ring (bicyclic) bond motifs is 2. The number of ether oxygens (including phenoxy) is 1. The average Bonchev–Trinajstić information content (AvgIpc) is 3.27. The van der Waals surface area contributed by atoms with Crippen molar-refractivity contribution in [2.75, 3.05) is 11.5 Å². The molecule has 1 aromatic heterocycles. The number of aromatic nitrogens is 1. The minimum absolute atomic E-state index is 0.195. The number of benzene rings is 2. The summed E-state index contributed by atoms with van der Waals surface area (Å²) in [5, 5.41) is 0.309. The maximum Gasteiger partial charge on any atom is 0.326 e. The molecule has 0 spiro atoms. The van der Waals surface area contributed by atoms with Gasteiger partial charge in [-0.1, -0.05) is 62.8 Å². The Bertz CT molecular complexity index is 1390. The number of thioether (sulfide) groups is 1. The van der Waals surface area contributed by atoms with Crippen molar-refractivity contribution in [1.82, 2.24) is 4.57 Å². The lowest BCUT2D eigenvalue weighted by Crippen LogP contribution is -2.32. The molecule has 2 aliphatic heterocycles. The van der Waals surface area contributed by atoms with Gasteiger partial charge in [0.05, 0.1) is 23.2 Å². The Hall–Kier alpha value is -2.40. The second-order valence-corrected chi connectivity index (χ2v) is 11.5. The van der Waals surface area contributed by atoms with E-state index in [1.165, 1.54) is 21.2 Å². The maximum absolute atomic E-state index is 13.8. The Morgan fingerprint density at radius 1 is 1.06 bits per heavy atom. The molecule has 2 aromatic carbocycles. The van der Waals surface area contributed by atoms with E-state index in [0.29, 0.717) is 20.6 Å².